The second kappa shape index (κ2) is 10.3. The molecule has 0 unspecified atom stereocenters. The molecule has 1 amide bonds. The van der Waals surface area contributed by atoms with Crippen molar-refractivity contribution in [3.63, 3.8) is 0 Å². The Balaban J connectivity index is 2.08. The quantitative estimate of drug-likeness (QED) is 0.614. The molecule has 0 aromatic heterocycles. The van der Waals surface area contributed by atoms with Gasteiger partial charge >= 0.3 is 0 Å². The Kier molecular flexibility index (Phi) is 8.08. The van der Waals surface area contributed by atoms with Crippen molar-refractivity contribution < 1.29 is 27.4 Å². The molecule has 9 heteroatoms. The van der Waals surface area contributed by atoms with E-state index in [2.05, 4.69) is 5.32 Å². The summed E-state index contributed by atoms with van der Waals surface area (Å²) >= 11 is 0. The van der Waals surface area contributed by atoms with E-state index in [1.54, 1.807) is 31.4 Å². The number of hydrogen-bond acceptors (Lipinski definition) is 6. The third kappa shape index (κ3) is 5.22. The summed E-state index contributed by atoms with van der Waals surface area (Å²) in [5.74, 6) is 1.33. The van der Waals surface area contributed by atoms with Gasteiger partial charge in [-0.25, -0.2) is 12.7 Å². The summed E-state index contributed by atoms with van der Waals surface area (Å²) in [7, 11) is 3.95. The van der Waals surface area contributed by atoms with Crippen LogP contribution in [0.1, 0.15) is 17.5 Å². The number of ether oxygens (including phenoxy) is 3. The van der Waals surface area contributed by atoms with Gasteiger partial charge in [-0.3, -0.25) is 4.79 Å². The van der Waals surface area contributed by atoms with Crippen LogP contribution in [0.5, 0.6) is 17.2 Å². The van der Waals surface area contributed by atoms with Crippen LogP contribution in [-0.2, 0) is 27.8 Å². The zero-order valence-corrected chi connectivity index (χ0v) is 18.7. The predicted octanol–water partition coefficient (Wildman–Crippen LogP) is 2.21. The van der Waals surface area contributed by atoms with Crippen LogP contribution in [0.4, 0.5) is 0 Å². The zero-order chi connectivity index (χ0) is 22.3. The molecule has 2 rings (SSSR count). The maximum absolute atomic E-state index is 12.5. The van der Waals surface area contributed by atoms with Gasteiger partial charge in [-0.15, -0.1) is 0 Å². The molecule has 30 heavy (non-hydrogen) atoms. The van der Waals surface area contributed by atoms with Gasteiger partial charge in [-0.2, -0.15) is 0 Å². The number of aryl methyl sites for hydroxylation is 1. The molecule has 1 N–H and O–H groups in total. The van der Waals surface area contributed by atoms with E-state index in [0.29, 0.717) is 29.2 Å². The van der Waals surface area contributed by atoms with Crippen molar-refractivity contribution in [1.29, 1.82) is 0 Å². The maximum atomic E-state index is 12.5. The first-order chi connectivity index (χ1) is 14.3. The second-order valence-corrected chi connectivity index (χ2v) is 8.79. The van der Waals surface area contributed by atoms with Crippen LogP contribution >= 0.6 is 0 Å². The van der Waals surface area contributed by atoms with Gasteiger partial charge in [0, 0.05) is 27.1 Å². The molecule has 0 spiro atoms. The number of methoxy groups -OCH3 is 3. The van der Waals surface area contributed by atoms with Crippen molar-refractivity contribution in [1.82, 2.24) is 9.62 Å². The van der Waals surface area contributed by atoms with E-state index in [9.17, 15) is 13.2 Å². The summed E-state index contributed by atoms with van der Waals surface area (Å²) in [5.41, 5.74) is 1.34. The van der Waals surface area contributed by atoms with Crippen molar-refractivity contribution >= 4 is 15.9 Å². The number of nitrogens with zero attached hydrogens (tertiary/aromatic N) is 1. The SMILES string of the molecule is COc1ccc(CCC(=O)NCc2ccccc2S(=O)(=O)N(C)C)c(OC)c1OC. The number of carbonyl (C=O) groups is 1. The van der Waals surface area contributed by atoms with Crippen LogP contribution in [0, 0.1) is 0 Å². The van der Waals surface area contributed by atoms with Crippen LogP contribution in [0.25, 0.3) is 0 Å². The first-order valence-corrected chi connectivity index (χ1v) is 10.7. The first kappa shape index (κ1) is 23.5. The highest BCUT2D eigenvalue weighted by Gasteiger charge is 2.21. The third-order valence-electron chi connectivity index (χ3n) is 4.61. The van der Waals surface area contributed by atoms with E-state index in [1.165, 1.54) is 34.4 Å². The molecule has 0 saturated carbocycles. The van der Waals surface area contributed by atoms with E-state index in [-0.39, 0.29) is 23.8 Å². The van der Waals surface area contributed by atoms with Crippen LogP contribution in [0.15, 0.2) is 41.3 Å². The van der Waals surface area contributed by atoms with Gasteiger partial charge < -0.3 is 19.5 Å². The van der Waals surface area contributed by atoms with E-state index in [4.69, 9.17) is 14.2 Å². The molecule has 164 valence electrons. The number of hydrogen-bond donors (Lipinski definition) is 1. The predicted molar refractivity (Wildman–Crippen MR) is 114 cm³/mol. The molecule has 0 aliphatic heterocycles. The highest BCUT2D eigenvalue weighted by Crippen LogP contribution is 2.40. The zero-order valence-electron chi connectivity index (χ0n) is 17.9. The summed E-state index contributed by atoms with van der Waals surface area (Å²) in [5, 5.41) is 2.79. The Bertz CT molecular complexity index is 989. The lowest BCUT2D eigenvalue weighted by atomic mass is 10.1. The van der Waals surface area contributed by atoms with Crippen LogP contribution in [0.3, 0.4) is 0 Å². The molecule has 0 saturated heterocycles. The van der Waals surface area contributed by atoms with Crippen molar-refractivity contribution in [3.8, 4) is 17.2 Å². The van der Waals surface area contributed by atoms with Gasteiger partial charge in [-0.1, -0.05) is 24.3 Å². The number of sulfonamides is 1. The standard InChI is InChI=1S/C21H28N2O6S/c1-23(2)30(25,26)18-9-7-6-8-16(18)14-22-19(24)13-11-15-10-12-17(27-3)21(29-5)20(15)28-4/h6-10,12H,11,13-14H2,1-5H3,(H,22,24). The topological polar surface area (TPSA) is 94.2 Å². The highest BCUT2D eigenvalue weighted by molar-refractivity contribution is 7.89. The Hall–Kier alpha value is -2.78. The maximum Gasteiger partial charge on any atom is 0.242 e. The van der Waals surface area contributed by atoms with Crippen molar-refractivity contribution in [2.45, 2.75) is 24.3 Å². The molecule has 0 heterocycles. The van der Waals surface area contributed by atoms with Gasteiger partial charge in [0.1, 0.15) is 0 Å². The number of rotatable bonds is 10. The summed E-state index contributed by atoms with van der Waals surface area (Å²) in [6.45, 7) is 0.116. The van der Waals surface area contributed by atoms with Gasteiger partial charge in [0.2, 0.25) is 21.7 Å². The van der Waals surface area contributed by atoms with E-state index < -0.39 is 10.0 Å². The molecule has 8 nitrogen and oxygen atoms in total. The molecular formula is C21H28N2O6S. The lowest BCUT2D eigenvalue weighted by molar-refractivity contribution is -0.121. The molecule has 0 bridgehead atoms. The van der Waals surface area contributed by atoms with Gasteiger partial charge in [0.15, 0.2) is 11.5 Å². The second-order valence-electron chi connectivity index (χ2n) is 6.67. The Morgan fingerprint density at radius 1 is 0.933 bits per heavy atom. The highest BCUT2D eigenvalue weighted by atomic mass is 32.2. The molecule has 0 atom stereocenters. The number of amides is 1. The van der Waals surface area contributed by atoms with Crippen LogP contribution < -0.4 is 19.5 Å². The first-order valence-electron chi connectivity index (χ1n) is 9.31. The Labute approximate surface area is 177 Å². The van der Waals surface area contributed by atoms with Crippen molar-refractivity contribution in [3.05, 3.63) is 47.5 Å². The normalized spacial score (nSPS) is 11.3. The fourth-order valence-corrected chi connectivity index (χ4v) is 4.10. The molecule has 0 radical (unpaired) electrons. The lowest BCUT2D eigenvalue weighted by Crippen LogP contribution is -2.27. The molecule has 0 fully saturated rings. The number of nitrogens with one attached hydrogen (secondary N) is 1. The molecular weight excluding hydrogens is 408 g/mol. The average Bonchev–Trinajstić information content (AvgIpc) is 2.75. The van der Waals surface area contributed by atoms with Crippen LogP contribution in [0.2, 0.25) is 0 Å². The van der Waals surface area contributed by atoms with Gasteiger partial charge in [0.25, 0.3) is 0 Å². The van der Waals surface area contributed by atoms with Gasteiger partial charge in [-0.05, 0) is 29.7 Å². The monoisotopic (exact) mass is 436 g/mol. The third-order valence-corrected chi connectivity index (χ3v) is 6.53. The van der Waals surface area contributed by atoms with Crippen LogP contribution in [-0.4, -0.2) is 54.1 Å². The molecule has 0 aliphatic rings. The summed E-state index contributed by atoms with van der Waals surface area (Å²) < 4.78 is 42.2. The Morgan fingerprint density at radius 3 is 2.20 bits per heavy atom. The summed E-state index contributed by atoms with van der Waals surface area (Å²) in [6, 6.07) is 10.2. The molecule has 2 aromatic rings. The van der Waals surface area contributed by atoms with E-state index >= 15 is 0 Å². The Morgan fingerprint density at radius 2 is 1.60 bits per heavy atom. The number of carbonyl (C=O) groups excluding carboxylic acids is 1. The van der Waals surface area contributed by atoms with E-state index in [1.807, 2.05) is 6.07 Å². The minimum Gasteiger partial charge on any atom is -0.493 e. The summed E-state index contributed by atoms with van der Waals surface area (Å²) in [6.07, 6.45) is 0.626. The largest absolute Gasteiger partial charge is 0.493 e. The number of benzene rings is 2. The molecule has 2 aromatic carbocycles. The fraction of sp³-hybridized carbons (Fsp3) is 0.381. The average molecular weight is 437 g/mol. The molecule has 0 aliphatic carbocycles. The minimum absolute atomic E-state index is 0.116. The fourth-order valence-electron chi connectivity index (χ4n) is 2.99. The van der Waals surface area contributed by atoms with Crippen molar-refractivity contribution in [2.75, 3.05) is 35.4 Å². The lowest BCUT2D eigenvalue weighted by Gasteiger charge is -2.16. The van der Waals surface area contributed by atoms with Gasteiger partial charge in [0.05, 0.1) is 26.2 Å². The smallest absolute Gasteiger partial charge is 0.242 e. The summed E-state index contributed by atoms with van der Waals surface area (Å²) in [4.78, 5) is 12.6. The van der Waals surface area contributed by atoms with E-state index in [0.717, 1.165) is 9.87 Å². The minimum atomic E-state index is -3.59. The van der Waals surface area contributed by atoms with Crippen molar-refractivity contribution in [2.24, 2.45) is 0 Å².